The van der Waals surface area contributed by atoms with Crippen molar-refractivity contribution in [2.45, 2.75) is 82.3 Å². The van der Waals surface area contributed by atoms with Gasteiger partial charge in [-0.1, -0.05) is 24.4 Å². The fourth-order valence-corrected chi connectivity index (χ4v) is 3.78. The highest BCUT2D eigenvalue weighted by Gasteiger charge is 2.40. The summed E-state index contributed by atoms with van der Waals surface area (Å²) in [6.07, 6.45) is 9.89. The Labute approximate surface area is 126 Å². The Bertz CT molecular complexity index is 441. The summed E-state index contributed by atoms with van der Waals surface area (Å²) in [5.74, 6) is 1.95. The van der Waals surface area contributed by atoms with Crippen LogP contribution in [-0.2, 0) is 10.3 Å². The molecule has 0 atom stereocenters. The molecule has 2 N–H and O–H groups in total. The Morgan fingerprint density at radius 2 is 1.90 bits per heavy atom. The minimum atomic E-state index is -0.306. The highest BCUT2D eigenvalue weighted by Crippen LogP contribution is 2.40. The fourth-order valence-electron chi connectivity index (χ4n) is 3.78. The van der Waals surface area contributed by atoms with E-state index in [0.29, 0.717) is 18.6 Å². The second kappa shape index (κ2) is 6.44. The van der Waals surface area contributed by atoms with Crippen molar-refractivity contribution < 1.29 is 9.26 Å². The van der Waals surface area contributed by atoms with Crippen molar-refractivity contribution in [2.24, 2.45) is 5.73 Å². The van der Waals surface area contributed by atoms with Gasteiger partial charge in [0.2, 0.25) is 11.7 Å². The monoisotopic (exact) mass is 293 g/mol. The fraction of sp³-hybridized carbons (Fsp3) is 0.875. The quantitative estimate of drug-likeness (QED) is 0.922. The van der Waals surface area contributed by atoms with Crippen LogP contribution in [0.2, 0.25) is 0 Å². The maximum absolute atomic E-state index is 6.07. The third kappa shape index (κ3) is 3.14. The number of rotatable bonds is 4. The van der Waals surface area contributed by atoms with Crippen molar-refractivity contribution in [3.05, 3.63) is 11.7 Å². The average molecular weight is 293 g/mol. The van der Waals surface area contributed by atoms with Crippen molar-refractivity contribution in [1.29, 1.82) is 0 Å². The van der Waals surface area contributed by atoms with Gasteiger partial charge in [0.25, 0.3) is 0 Å². The van der Waals surface area contributed by atoms with E-state index in [9.17, 15) is 0 Å². The molecule has 1 aromatic heterocycles. The van der Waals surface area contributed by atoms with Crippen molar-refractivity contribution in [2.75, 3.05) is 6.61 Å². The van der Waals surface area contributed by atoms with Crippen LogP contribution >= 0.6 is 0 Å². The molecule has 0 bridgehead atoms. The van der Waals surface area contributed by atoms with Crippen LogP contribution in [0.5, 0.6) is 0 Å². The standard InChI is InChI=1S/C16H27N3O2/c1-2-20-16(10-4-3-5-11-16)15-18-14(21-19-15)12-6-8-13(17)9-7-12/h12-13H,2-11,17H2,1H3. The van der Waals surface area contributed by atoms with Gasteiger partial charge in [0.05, 0.1) is 0 Å². The number of ether oxygens (including phenoxy) is 1. The predicted octanol–water partition coefficient (Wildman–Crippen LogP) is 3.25. The smallest absolute Gasteiger partial charge is 0.229 e. The van der Waals surface area contributed by atoms with Crippen molar-refractivity contribution >= 4 is 0 Å². The van der Waals surface area contributed by atoms with E-state index in [1.54, 1.807) is 0 Å². The first-order valence-electron chi connectivity index (χ1n) is 8.47. The molecule has 118 valence electrons. The molecule has 5 heteroatoms. The van der Waals surface area contributed by atoms with Crippen LogP contribution in [0.25, 0.3) is 0 Å². The van der Waals surface area contributed by atoms with E-state index in [1.807, 2.05) is 6.92 Å². The van der Waals surface area contributed by atoms with E-state index < -0.39 is 0 Å². The lowest BCUT2D eigenvalue weighted by Crippen LogP contribution is -2.33. The zero-order valence-corrected chi connectivity index (χ0v) is 13.0. The summed E-state index contributed by atoms with van der Waals surface area (Å²) in [5, 5.41) is 4.28. The van der Waals surface area contributed by atoms with Crippen molar-refractivity contribution in [3.63, 3.8) is 0 Å². The van der Waals surface area contributed by atoms with E-state index in [2.05, 4.69) is 5.16 Å². The van der Waals surface area contributed by atoms with Crippen molar-refractivity contribution in [3.8, 4) is 0 Å². The normalized spacial score (nSPS) is 29.4. The van der Waals surface area contributed by atoms with E-state index in [0.717, 1.165) is 50.2 Å². The van der Waals surface area contributed by atoms with Crippen LogP contribution in [0, 0.1) is 0 Å². The van der Waals surface area contributed by atoms with Gasteiger partial charge in [0.15, 0.2) is 0 Å². The Morgan fingerprint density at radius 1 is 1.19 bits per heavy atom. The van der Waals surface area contributed by atoms with Gasteiger partial charge in [-0.05, 0) is 45.4 Å². The zero-order valence-electron chi connectivity index (χ0n) is 13.0. The van der Waals surface area contributed by atoms with Gasteiger partial charge in [-0.25, -0.2) is 0 Å². The number of hydrogen-bond acceptors (Lipinski definition) is 5. The summed E-state index contributed by atoms with van der Waals surface area (Å²) in [4.78, 5) is 4.73. The predicted molar refractivity (Wildman–Crippen MR) is 79.9 cm³/mol. The maximum Gasteiger partial charge on any atom is 0.229 e. The van der Waals surface area contributed by atoms with Crippen LogP contribution in [0.15, 0.2) is 4.52 Å². The Kier molecular flexibility index (Phi) is 4.60. The Balaban J connectivity index is 1.76. The van der Waals surface area contributed by atoms with E-state index in [-0.39, 0.29) is 5.60 Å². The van der Waals surface area contributed by atoms with Gasteiger partial charge < -0.3 is 15.0 Å². The van der Waals surface area contributed by atoms with Gasteiger partial charge in [-0.2, -0.15) is 4.98 Å². The topological polar surface area (TPSA) is 74.2 Å². The van der Waals surface area contributed by atoms with E-state index in [1.165, 1.54) is 19.3 Å². The molecule has 1 aromatic rings. The molecule has 0 amide bonds. The highest BCUT2D eigenvalue weighted by molar-refractivity contribution is 5.06. The molecule has 0 aromatic carbocycles. The van der Waals surface area contributed by atoms with Gasteiger partial charge in [0.1, 0.15) is 5.60 Å². The first kappa shape index (κ1) is 15.0. The third-order valence-corrected chi connectivity index (χ3v) is 5.05. The van der Waals surface area contributed by atoms with Crippen molar-refractivity contribution in [1.82, 2.24) is 10.1 Å². The molecule has 0 saturated heterocycles. The highest BCUT2D eigenvalue weighted by atomic mass is 16.5. The summed E-state index contributed by atoms with van der Waals surface area (Å²) in [5.41, 5.74) is 5.67. The number of hydrogen-bond donors (Lipinski definition) is 1. The molecule has 1 heterocycles. The zero-order chi connectivity index (χ0) is 14.7. The SMILES string of the molecule is CCOC1(c2noc(C3CCC(N)CC3)n2)CCCCC1. The molecule has 2 aliphatic carbocycles. The van der Waals surface area contributed by atoms with E-state index in [4.69, 9.17) is 20.0 Å². The minimum absolute atomic E-state index is 0.306. The average Bonchev–Trinajstić information content (AvgIpc) is 3.00. The van der Waals surface area contributed by atoms with Gasteiger partial charge >= 0.3 is 0 Å². The van der Waals surface area contributed by atoms with Gasteiger partial charge in [0, 0.05) is 18.6 Å². The molecular formula is C16H27N3O2. The molecule has 0 spiro atoms. The molecule has 2 saturated carbocycles. The van der Waals surface area contributed by atoms with Crippen LogP contribution in [0.1, 0.15) is 82.3 Å². The molecule has 0 aliphatic heterocycles. The number of nitrogens with zero attached hydrogens (tertiary/aromatic N) is 2. The Morgan fingerprint density at radius 3 is 2.57 bits per heavy atom. The molecule has 0 radical (unpaired) electrons. The number of aromatic nitrogens is 2. The van der Waals surface area contributed by atoms with Crippen LogP contribution in [0.4, 0.5) is 0 Å². The molecule has 0 unspecified atom stereocenters. The molecule has 21 heavy (non-hydrogen) atoms. The van der Waals surface area contributed by atoms with E-state index >= 15 is 0 Å². The van der Waals surface area contributed by atoms with Gasteiger partial charge in [-0.15, -0.1) is 0 Å². The largest absolute Gasteiger partial charge is 0.367 e. The third-order valence-electron chi connectivity index (χ3n) is 5.05. The van der Waals surface area contributed by atoms with Gasteiger partial charge in [-0.3, -0.25) is 0 Å². The lowest BCUT2D eigenvalue weighted by Gasteiger charge is -2.34. The maximum atomic E-state index is 6.07. The minimum Gasteiger partial charge on any atom is -0.367 e. The van der Waals surface area contributed by atoms with Crippen LogP contribution < -0.4 is 5.73 Å². The molecular weight excluding hydrogens is 266 g/mol. The second-order valence-corrected chi connectivity index (χ2v) is 6.56. The molecule has 2 aliphatic rings. The summed E-state index contributed by atoms with van der Waals surface area (Å²) >= 11 is 0. The lowest BCUT2D eigenvalue weighted by atomic mass is 9.83. The molecule has 5 nitrogen and oxygen atoms in total. The first-order chi connectivity index (χ1) is 10.2. The summed E-state index contributed by atoms with van der Waals surface area (Å²) in [6.45, 7) is 2.74. The Hall–Kier alpha value is -0.940. The number of nitrogens with two attached hydrogens (primary N) is 1. The summed E-state index contributed by atoms with van der Waals surface area (Å²) in [7, 11) is 0. The van der Waals surface area contributed by atoms with Crippen LogP contribution in [0.3, 0.4) is 0 Å². The van der Waals surface area contributed by atoms with Crippen LogP contribution in [-0.4, -0.2) is 22.8 Å². The lowest BCUT2D eigenvalue weighted by molar-refractivity contribution is -0.0777. The second-order valence-electron chi connectivity index (χ2n) is 6.56. The first-order valence-corrected chi connectivity index (χ1v) is 8.47. The molecule has 2 fully saturated rings. The summed E-state index contributed by atoms with van der Waals surface area (Å²) in [6, 6.07) is 0.344. The molecule has 3 rings (SSSR count). The summed E-state index contributed by atoms with van der Waals surface area (Å²) < 4.78 is 11.7.